The second-order valence-electron chi connectivity index (χ2n) is 2.96. The Balaban J connectivity index is 3.12. The fourth-order valence-corrected chi connectivity index (χ4v) is 3.16. The van der Waals surface area contributed by atoms with Gasteiger partial charge < -0.3 is 0 Å². The van der Waals surface area contributed by atoms with E-state index in [0.717, 1.165) is 5.56 Å². The van der Waals surface area contributed by atoms with Crippen molar-refractivity contribution in [2.75, 3.05) is 6.54 Å². The van der Waals surface area contributed by atoms with Gasteiger partial charge in [-0.05, 0) is 40.5 Å². The van der Waals surface area contributed by atoms with Gasteiger partial charge in [0, 0.05) is 4.47 Å². The number of hydrogen-bond acceptors (Lipinski definition) is 2. The smallest absolute Gasteiger partial charge is 0.207 e. The van der Waals surface area contributed by atoms with E-state index in [4.69, 9.17) is 6.42 Å². The number of sulfonamides is 1. The molecule has 15 heavy (non-hydrogen) atoms. The average Bonchev–Trinajstić information content (AvgIpc) is 2.14. The molecule has 0 bridgehead atoms. The molecule has 0 aliphatic heterocycles. The molecule has 0 saturated carbocycles. The van der Waals surface area contributed by atoms with Gasteiger partial charge in [-0.25, -0.2) is 8.42 Å². The Morgan fingerprint density at radius 2 is 2.20 bits per heavy atom. The summed E-state index contributed by atoms with van der Waals surface area (Å²) < 4.78 is 26.2. The van der Waals surface area contributed by atoms with Crippen molar-refractivity contribution in [3.05, 3.63) is 28.2 Å². The first kappa shape index (κ1) is 12.2. The molecule has 1 N–H and O–H groups in total. The van der Waals surface area contributed by atoms with E-state index in [1.54, 1.807) is 12.1 Å². The van der Waals surface area contributed by atoms with Crippen LogP contribution in [0.1, 0.15) is 5.56 Å². The van der Waals surface area contributed by atoms with E-state index < -0.39 is 10.0 Å². The number of hydrogen-bond donors (Lipinski definition) is 1. The lowest BCUT2D eigenvalue weighted by Crippen LogP contribution is -2.24. The first-order valence-electron chi connectivity index (χ1n) is 4.16. The number of aryl methyl sites for hydroxylation is 1. The van der Waals surface area contributed by atoms with Crippen LogP contribution in [0.2, 0.25) is 0 Å². The van der Waals surface area contributed by atoms with Crippen LogP contribution in [0.15, 0.2) is 27.6 Å². The molecule has 0 atom stereocenters. The van der Waals surface area contributed by atoms with Crippen molar-refractivity contribution >= 4 is 26.0 Å². The first-order valence-corrected chi connectivity index (χ1v) is 6.44. The summed E-state index contributed by atoms with van der Waals surface area (Å²) in [5.41, 5.74) is 0.984. The van der Waals surface area contributed by atoms with Crippen molar-refractivity contribution in [3.8, 4) is 12.3 Å². The molecule has 0 amide bonds. The highest BCUT2D eigenvalue weighted by Crippen LogP contribution is 2.22. The van der Waals surface area contributed by atoms with Gasteiger partial charge in [0.25, 0.3) is 0 Å². The lowest BCUT2D eigenvalue weighted by atomic mass is 10.2. The van der Waals surface area contributed by atoms with Crippen LogP contribution in [-0.4, -0.2) is 15.0 Å². The summed E-state index contributed by atoms with van der Waals surface area (Å²) in [4.78, 5) is 0.198. The summed E-state index contributed by atoms with van der Waals surface area (Å²) in [7, 11) is -3.51. The van der Waals surface area contributed by atoms with Gasteiger partial charge in [0.05, 0.1) is 11.4 Å². The first-order chi connectivity index (χ1) is 6.97. The van der Waals surface area contributed by atoms with Crippen molar-refractivity contribution in [1.82, 2.24) is 4.72 Å². The van der Waals surface area contributed by atoms with Crippen molar-refractivity contribution in [2.45, 2.75) is 11.8 Å². The third-order valence-electron chi connectivity index (χ3n) is 1.74. The molecule has 3 nitrogen and oxygen atoms in total. The molecular formula is C10H10BrNO2S. The van der Waals surface area contributed by atoms with Crippen LogP contribution in [0.25, 0.3) is 0 Å². The second kappa shape index (κ2) is 4.79. The maximum absolute atomic E-state index is 11.7. The van der Waals surface area contributed by atoms with E-state index in [9.17, 15) is 8.42 Å². The maximum Gasteiger partial charge on any atom is 0.242 e. The van der Waals surface area contributed by atoms with E-state index in [1.165, 1.54) is 6.07 Å². The van der Waals surface area contributed by atoms with Crippen LogP contribution in [-0.2, 0) is 10.0 Å². The topological polar surface area (TPSA) is 46.2 Å². The number of nitrogens with one attached hydrogen (secondary N) is 1. The maximum atomic E-state index is 11.7. The summed E-state index contributed by atoms with van der Waals surface area (Å²) in [5.74, 6) is 2.22. The lowest BCUT2D eigenvalue weighted by molar-refractivity contribution is 0.585. The molecular weight excluding hydrogens is 278 g/mol. The van der Waals surface area contributed by atoms with Crippen LogP contribution in [0.3, 0.4) is 0 Å². The molecule has 0 aromatic heterocycles. The highest BCUT2D eigenvalue weighted by atomic mass is 79.9. The molecule has 0 radical (unpaired) electrons. The molecule has 0 unspecified atom stereocenters. The number of terminal acetylenes is 1. The zero-order valence-electron chi connectivity index (χ0n) is 8.12. The Kier molecular flexibility index (Phi) is 3.91. The highest BCUT2D eigenvalue weighted by molar-refractivity contribution is 9.10. The summed E-state index contributed by atoms with van der Waals surface area (Å²) in [5, 5.41) is 0. The normalized spacial score (nSPS) is 11.0. The largest absolute Gasteiger partial charge is 0.242 e. The van der Waals surface area contributed by atoms with Crippen LogP contribution in [0.4, 0.5) is 0 Å². The molecule has 5 heteroatoms. The van der Waals surface area contributed by atoms with Gasteiger partial charge in [0.2, 0.25) is 10.0 Å². The predicted octanol–water partition coefficient (Wildman–Crippen LogP) is 1.67. The molecule has 0 aliphatic carbocycles. The van der Waals surface area contributed by atoms with E-state index in [-0.39, 0.29) is 11.4 Å². The molecule has 0 fully saturated rings. The SMILES string of the molecule is C#CCNS(=O)(=O)c1ccc(C)cc1Br. The van der Waals surface area contributed by atoms with Crippen LogP contribution in [0.5, 0.6) is 0 Å². The molecule has 1 rings (SSSR count). The standard InChI is InChI=1S/C10H10BrNO2S/c1-3-6-12-15(13,14)10-5-4-8(2)7-9(10)11/h1,4-5,7,12H,6H2,2H3. The predicted molar refractivity (Wildman–Crippen MR) is 62.9 cm³/mol. The van der Waals surface area contributed by atoms with Crippen LogP contribution < -0.4 is 4.72 Å². The summed E-state index contributed by atoms with van der Waals surface area (Å²) in [6, 6.07) is 5.01. The minimum absolute atomic E-state index is 0.0113. The van der Waals surface area contributed by atoms with Crippen molar-refractivity contribution < 1.29 is 8.42 Å². The monoisotopic (exact) mass is 287 g/mol. The van der Waals surface area contributed by atoms with Gasteiger partial charge in [0.15, 0.2) is 0 Å². The average molecular weight is 288 g/mol. The zero-order chi connectivity index (χ0) is 11.5. The molecule has 0 saturated heterocycles. The number of benzene rings is 1. The Hall–Kier alpha value is -0.830. The van der Waals surface area contributed by atoms with Gasteiger partial charge in [-0.15, -0.1) is 6.42 Å². The highest BCUT2D eigenvalue weighted by Gasteiger charge is 2.16. The van der Waals surface area contributed by atoms with Gasteiger partial charge in [-0.2, -0.15) is 4.72 Å². The van der Waals surface area contributed by atoms with Crippen molar-refractivity contribution in [3.63, 3.8) is 0 Å². The molecule has 0 heterocycles. The van der Waals surface area contributed by atoms with E-state index >= 15 is 0 Å². The van der Waals surface area contributed by atoms with Crippen LogP contribution in [0, 0.1) is 19.3 Å². The third-order valence-corrected chi connectivity index (χ3v) is 4.12. The zero-order valence-corrected chi connectivity index (χ0v) is 10.5. The molecule has 1 aromatic carbocycles. The van der Waals surface area contributed by atoms with Gasteiger partial charge >= 0.3 is 0 Å². The van der Waals surface area contributed by atoms with Crippen LogP contribution >= 0.6 is 15.9 Å². The Morgan fingerprint density at radius 1 is 1.53 bits per heavy atom. The Labute approximate surface area is 98.1 Å². The minimum Gasteiger partial charge on any atom is -0.207 e. The quantitative estimate of drug-likeness (QED) is 0.860. The lowest BCUT2D eigenvalue weighted by Gasteiger charge is -2.06. The van der Waals surface area contributed by atoms with Gasteiger partial charge in [-0.3, -0.25) is 0 Å². The second-order valence-corrected chi connectivity index (χ2v) is 5.55. The molecule has 1 aromatic rings. The fourth-order valence-electron chi connectivity index (χ4n) is 1.04. The number of halogens is 1. The van der Waals surface area contributed by atoms with E-state index in [2.05, 4.69) is 26.6 Å². The van der Waals surface area contributed by atoms with Crippen molar-refractivity contribution in [2.24, 2.45) is 0 Å². The molecule has 0 spiro atoms. The Morgan fingerprint density at radius 3 is 2.73 bits per heavy atom. The van der Waals surface area contributed by atoms with Gasteiger partial charge in [0.1, 0.15) is 0 Å². The van der Waals surface area contributed by atoms with Crippen molar-refractivity contribution in [1.29, 1.82) is 0 Å². The minimum atomic E-state index is -3.51. The number of rotatable bonds is 3. The summed E-state index contributed by atoms with van der Waals surface area (Å²) >= 11 is 3.20. The fraction of sp³-hybridized carbons (Fsp3) is 0.200. The molecule has 80 valence electrons. The van der Waals surface area contributed by atoms with Gasteiger partial charge in [-0.1, -0.05) is 12.0 Å². The van der Waals surface area contributed by atoms with E-state index in [1.807, 2.05) is 6.92 Å². The Bertz CT molecular complexity index is 503. The summed E-state index contributed by atoms with van der Waals surface area (Å²) in [6.07, 6.45) is 4.99. The van der Waals surface area contributed by atoms with E-state index in [0.29, 0.717) is 4.47 Å². The summed E-state index contributed by atoms with van der Waals surface area (Å²) in [6.45, 7) is 1.87. The molecule has 0 aliphatic rings. The third kappa shape index (κ3) is 3.06.